The molecule has 0 aliphatic heterocycles. The number of hydrogen-bond donors (Lipinski definition) is 0. The van der Waals surface area contributed by atoms with Crippen LogP contribution in [0.15, 0.2) is 0 Å². The minimum atomic E-state index is -0.189. The van der Waals surface area contributed by atoms with Crippen LogP contribution >= 0.6 is 0 Å². The molecule has 0 aliphatic rings. The molecule has 4 heteroatoms. The third-order valence-corrected chi connectivity index (χ3v) is 3.76. The van der Waals surface area contributed by atoms with Crippen molar-refractivity contribution < 1.29 is 18.9 Å². The van der Waals surface area contributed by atoms with Crippen LogP contribution < -0.4 is 0 Å². The Morgan fingerprint density at radius 3 is 1.17 bits per heavy atom. The SMILES string of the molecule is CCCCOCC(COCC)(COCCCC)COCCCC. The number of rotatable bonds is 18. The highest BCUT2D eigenvalue weighted by molar-refractivity contribution is 4.79. The monoisotopic (exact) mass is 332 g/mol. The summed E-state index contributed by atoms with van der Waals surface area (Å²) < 4.78 is 23.5. The van der Waals surface area contributed by atoms with Gasteiger partial charge in [-0.15, -0.1) is 0 Å². The molecule has 0 fully saturated rings. The summed E-state index contributed by atoms with van der Waals surface area (Å²) in [5.74, 6) is 0. The average Bonchev–Trinajstić information content (AvgIpc) is 2.57. The van der Waals surface area contributed by atoms with Crippen molar-refractivity contribution in [1.29, 1.82) is 0 Å². The summed E-state index contributed by atoms with van der Waals surface area (Å²) in [6, 6.07) is 0. The number of unbranched alkanes of at least 4 members (excludes halogenated alkanes) is 3. The first kappa shape index (κ1) is 22.8. The fourth-order valence-electron chi connectivity index (χ4n) is 2.17. The lowest BCUT2D eigenvalue weighted by molar-refractivity contribution is -0.106. The third-order valence-electron chi connectivity index (χ3n) is 3.76. The second-order valence-corrected chi connectivity index (χ2v) is 6.36. The molecule has 0 rings (SSSR count). The average molecular weight is 333 g/mol. The summed E-state index contributed by atoms with van der Waals surface area (Å²) >= 11 is 0. The van der Waals surface area contributed by atoms with Crippen LogP contribution in [0.25, 0.3) is 0 Å². The Bertz CT molecular complexity index is 202. The zero-order valence-electron chi connectivity index (χ0n) is 16.0. The van der Waals surface area contributed by atoms with Crippen LogP contribution in [0.5, 0.6) is 0 Å². The first-order valence-electron chi connectivity index (χ1n) is 9.55. The lowest BCUT2D eigenvalue weighted by atomic mass is 9.92. The standard InChI is InChI=1S/C19H40O4/c1-5-9-12-21-16-19(15-20-8-4,17-22-13-10-6-2)18-23-14-11-7-3/h5-18H2,1-4H3. The topological polar surface area (TPSA) is 36.9 Å². The molecule has 0 saturated carbocycles. The molecule has 0 unspecified atom stereocenters. The molecule has 0 aromatic carbocycles. The first-order chi connectivity index (χ1) is 11.2. The second kappa shape index (κ2) is 16.7. The van der Waals surface area contributed by atoms with E-state index in [2.05, 4.69) is 20.8 Å². The van der Waals surface area contributed by atoms with Gasteiger partial charge in [-0.2, -0.15) is 0 Å². The normalized spacial score (nSPS) is 12.0. The van der Waals surface area contributed by atoms with E-state index in [0.717, 1.165) is 58.3 Å². The van der Waals surface area contributed by atoms with Crippen molar-refractivity contribution >= 4 is 0 Å². The molecule has 23 heavy (non-hydrogen) atoms. The van der Waals surface area contributed by atoms with Crippen LogP contribution in [0, 0.1) is 5.41 Å². The molecule has 0 saturated heterocycles. The first-order valence-corrected chi connectivity index (χ1v) is 9.55. The summed E-state index contributed by atoms with van der Waals surface area (Å²) in [5.41, 5.74) is -0.189. The van der Waals surface area contributed by atoms with Crippen molar-refractivity contribution in [3.05, 3.63) is 0 Å². The van der Waals surface area contributed by atoms with Gasteiger partial charge in [-0.3, -0.25) is 0 Å². The summed E-state index contributed by atoms with van der Waals surface area (Å²) in [6.07, 6.45) is 6.74. The van der Waals surface area contributed by atoms with Crippen molar-refractivity contribution in [3.63, 3.8) is 0 Å². The molecule has 0 aromatic rings. The molecule has 0 amide bonds. The van der Waals surface area contributed by atoms with Crippen LogP contribution in [-0.2, 0) is 18.9 Å². The van der Waals surface area contributed by atoms with E-state index in [4.69, 9.17) is 18.9 Å². The molecule has 0 radical (unpaired) electrons. The zero-order chi connectivity index (χ0) is 17.2. The molecule has 0 spiro atoms. The maximum Gasteiger partial charge on any atom is 0.0637 e. The van der Waals surface area contributed by atoms with Crippen molar-refractivity contribution in [1.82, 2.24) is 0 Å². The van der Waals surface area contributed by atoms with E-state index in [-0.39, 0.29) is 5.41 Å². The van der Waals surface area contributed by atoms with Gasteiger partial charge in [0, 0.05) is 26.4 Å². The molecule has 0 bridgehead atoms. The highest BCUT2D eigenvalue weighted by Crippen LogP contribution is 2.21. The minimum Gasteiger partial charge on any atom is -0.381 e. The minimum absolute atomic E-state index is 0.189. The Morgan fingerprint density at radius 1 is 0.522 bits per heavy atom. The quantitative estimate of drug-likeness (QED) is 0.347. The van der Waals surface area contributed by atoms with Crippen LogP contribution in [0.1, 0.15) is 66.2 Å². The van der Waals surface area contributed by atoms with Gasteiger partial charge in [0.05, 0.1) is 31.8 Å². The lowest BCUT2D eigenvalue weighted by Gasteiger charge is -2.33. The molecule has 0 N–H and O–H groups in total. The van der Waals surface area contributed by atoms with Crippen molar-refractivity contribution in [2.24, 2.45) is 5.41 Å². The van der Waals surface area contributed by atoms with Gasteiger partial charge in [-0.05, 0) is 26.2 Å². The van der Waals surface area contributed by atoms with Crippen molar-refractivity contribution in [3.8, 4) is 0 Å². The summed E-state index contributed by atoms with van der Waals surface area (Å²) in [6.45, 7) is 14.2. The molecular weight excluding hydrogens is 292 g/mol. The molecule has 0 atom stereocenters. The van der Waals surface area contributed by atoms with Gasteiger partial charge in [0.15, 0.2) is 0 Å². The van der Waals surface area contributed by atoms with Gasteiger partial charge in [0.2, 0.25) is 0 Å². The van der Waals surface area contributed by atoms with E-state index >= 15 is 0 Å². The van der Waals surface area contributed by atoms with E-state index in [1.54, 1.807) is 0 Å². The highest BCUT2D eigenvalue weighted by Gasteiger charge is 2.32. The fourth-order valence-corrected chi connectivity index (χ4v) is 2.17. The third kappa shape index (κ3) is 12.9. The maximum atomic E-state index is 5.91. The fraction of sp³-hybridized carbons (Fsp3) is 1.00. The Morgan fingerprint density at radius 2 is 0.870 bits per heavy atom. The van der Waals surface area contributed by atoms with E-state index in [1.807, 2.05) is 6.92 Å². The van der Waals surface area contributed by atoms with Crippen LogP contribution in [-0.4, -0.2) is 52.9 Å². The molecule has 0 heterocycles. The smallest absolute Gasteiger partial charge is 0.0637 e. The summed E-state index contributed by atoms with van der Waals surface area (Å²) in [7, 11) is 0. The van der Waals surface area contributed by atoms with Gasteiger partial charge >= 0.3 is 0 Å². The molecule has 0 aliphatic carbocycles. The predicted octanol–water partition coefficient (Wildman–Crippen LogP) is 4.46. The van der Waals surface area contributed by atoms with E-state index in [9.17, 15) is 0 Å². The van der Waals surface area contributed by atoms with Crippen LogP contribution in [0.2, 0.25) is 0 Å². The summed E-state index contributed by atoms with van der Waals surface area (Å²) in [5, 5.41) is 0. The molecular formula is C19H40O4. The van der Waals surface area contributed by atoms with Crippen LogP contribution in [0.3, 0.4) is 0 Å². The Kier molecular flexibility index (Phi) is 16.6. The van der Waals surface area contributed by atoms with Crippen molar-refractivity contribution in [2.75, 3.05) is 52.9 Å². The maximum absolute atomic E-state index is 5.91. The molecule has 4 nitrogen and oxygen atoms in total. The van der Waals surface area contributed by atoms with Gasteiger partial charge < -0.3 is 18.9 Å². The van der Waals surface area contributed by atoms with Gasteiger partial charge in [-0.1, -0.05) is 40.0 Å². The van der Waals surface area contributed by atoms with Gasteiger partial charge in [-0.25, -0.2) is 0 Å². The summed E-state index contributed by atoms with van der Waals surface area (Å²) in [4.78, 5) is 0. The second-order valence-electron chi connectivity index (χ2n) is 6.36. The zero-order valence-corrected chi connectivity index (χ0v) is 16.0. The van der Waals surface area contributed by atoms with E-state index in [1.165, 1.54) is 0 Å². The molecule has 140 valence electrons. The lowest BCUT2D eigenvalue weighted by Crippen LogP contribution is -2.42. The Hall–Kier alpha value is -0.160. The van der Waals surface area contributed by atoms with Crippen LogP contribution in [0.4, 0.5) is 0 Å². The van der Waals surface area contributed by atoms with E-state index < -0.39 is 0 Å². The van der Waals surface area contributed by atoms with Gasteiger partial charge in [0.1, 0.15) is 0 Å². The highest BCUT2D eigenvalue weighted by atomic mass is 16.5. The number of ether oxygens (including phenoxy) is 4. The Balaban J connectivity index is 4.51. The Labute approximate surface area is 144 Å². The van der Waals surface area contributed by atoms with Gasteiger partial charge in [0.25, 0.3) is 0 Å². The largest absolute Gasteiger partial charge is 0.381 e. The number of hydrogen-bond acceptors (Lipinski definition) is 4. The van der Waals surface area contributed by atoms with Crippen molar-refractivity contribution in [2.45, 2.75) is 66.2 Å². The predicted molar refractivity (Wildman–Crippen MR) is 96.1 cm³/mol. The molecule has 0 aromatic heterocycles. The van der Waals surface area contributed by atoms with E-state index in [0.29, 0.717) is 33.0 Å².